The molecule has 0 bridgehead atoms. The molecule has 0 saturated carbocycles. The first kappa shape index (κ1) is 13.0. The lowest BCUT2D eigenvalue weighted by Crippen LogP contribution is -2.14. The molecule has 2 heterocycles. The Balaban J connectivity index is 2.03. The van der Waals surface area contributed by atoms with Crippen molar-refractivity contribution in [2.24, 2.45) is 0 Å². The highest BCUT2D eigenvalue weighted by Gasteiger charge is 2.13. The number of nitrogens with one attached hydrogen (secondary N) is 2. The fraction of sp³-hybridized carbons (Fsp3) is 0.0667. The highest BCUT2D eigenvalue weighted by molar-refractivity contribution is 6.13. The van der Waals surface area contributed by atoms with E-state index < -0.39 is 0 Å². The first-order valence-corrected chi connectivity index (χ1v) is 6.44. The molecule has 0 aliphatic carbocycles. The SMILES string of the molecule is CNc1ncc(C(=O)Nc2cccnn2)c2ccccc12. The summed E-state index contributed by atoms with van der Waals surface area (Å²) in [5.74, 6) is 0.882. The van der Waals surface area contributed by atoms with Gasteiger partial charge in [0.15, 0.2) is 5.82 Å². The van der Waals surface area contributed by atoms with Crippen LogP contribution in [-0.2, 0) is 0 Å². The predicted octanol–water partition coefficient (Wildman–Crippen LogP) is 2.32. The zero-order valence-electron chi connectivity index (χ0n) is 11.4. The Morgan fingerprint density at radius 2 is 1.90 bits per heavy atom. The van der Waals surface area contributed by atoms with Gasteiger partial charge in [-0.05, 0) is 17.5 Å². The van der Waals surface area contributed by atoms with Gasteiger partial charge in [0.2, 0.25) is 0 Å². The molecule has 6 heteroatoms. The molecule has 0 radical (unpaired) electrons. The lowest BCUT2D eigenvalue weighted by Gasteiger charge is -2.09. The summed E-state index contributed by atoms with van der Waals surface area (Å²) in [5, 5.41) is 15.0. The van der Waals surface area contributed by atoms with Crippen molar-refractivity contribution in [3.05, 3.63) is 54.4 Å². The Labute approximate surface area is 121 Å². The minimum absolute atomic E-state index is 0.262. The number of aromatic nitrogens is 3. The Bertz CT molecular complexity index is 788. The van der Waals surface area contributed by atoms with Gasteiger partial charge in [0, 0.05) is 24.8 Å². The van der Waals surface area contributed by atoms with Crippen molar-refractivity contribution in [2.45, 2.75) is 0 Å². The number of amides is 1. The predicted molar refractivity (Wildman–Crippen MR) is 81.3 cm³/mol. The van der Waals surface area contributed by atoms with Crippen molar-refractivity contribution in [2.75, 3.05) is 17.7 Å². The summed E-state index contributed by atoms with van der Waals surface area (Å²) in [5.41, 5.74) is 0.496. The van der Waals surface area contributed by atoms with Crippen LogP contribution in [0.4, 0.5) is 11.6 Å². The summed E-state index contributed by atoms with van der Waals surface area (Å²) in [4.78, 5) is 16.7. The first-order valence-electron chi connectivity index (χ1n) is 6.44. The van der Waals surface area contributed by atoms with Crippen LogP contribution in [0.3, 0.4) is 0 Å². The maximum atomic E-state index is 12.4. The van der Waals surface area contributed by atoms with E-state index in [9.17, 15) is 4.79 Å². The van der Waals surface area contributed by atoms with Crippen LogP contribution >= 0.6 is 0 Å². The zero-order valence-corrected chi connectivity index (χ0v) is 11.4. The van der Waals surface area contributed by atoms with Gasteiger partial charge in [0.25, 0.3) is 5.91 Å². The number of rotatable bonds is 3. The first-order chi connectivity index (χ1) is 10.3. The van der Waals surface area contributed by atoms with Crippen LogP contribution in [0.15, 0.2) is 48.8 Å². The quantitative estimate of drug-likeness (QED) is 0.769. The number of anilines is 2. The van der Waals surface area contributed by atoms with Crippen LogP contribution < -0.4 is 10.6 Å². The molecule has 0 atom stereocenters. The maximum Gasteiger partial charge on any atom is 0.259 e. The molecule has 3 aromatic rings. The Morgan fingerprint density at radius 1 is 1.10 bits per heavy atom. The smallest absolute Gasteiger partial charge is 0.259 e. The van der Waals surface area contributed by atoms with Crippen LogP contribution in [0.5, 0.6) is 0 Å². The number of fused-ring (bicyclic) bond motifs is 1. The number of carbonyl (C=O) groups excluding carboxylic acids is 1. The van der Waals surface area contributed by atoms with Gasteiger partial charge in [-0.15, -0.1) is 5.10 Å². The standard InChI is InChI=1S/C15H13N5O/c1-16-14-11-6-3-2-5-10(11)12(9-17-14)15(21)19-13-7-4-8-18-20-13/h2-9H,1H3,(H,16,17)(H,19,20,21). The van der Waals surface area contributed by atoms with Gasteiger partial charge in [0.05, 0.1) is 5.56 Å². The summed E-state index contributed by atoms with van der Waals surface area (Å²) >= 11 is 0. The van der Waals surface area contributed by atoms with Gasteiger partial charge < -0.3 is 10.6 Å². The monoisotopic (exact) mass is 279 g/mol. The zero-order chi connectivity index (χ0) is 14.7. The van der Waals surface area contributed by atoms with Crippen molar-refractivity contribution in [3.8, 4) is 0 Å². The summed E-state index contributed by atoms with van der Waals surface area (Å²) in [6.07, 6.45) is 3.11. The minimum atomic E-state index is -0.262. The van der Waals surface area contributed by atoms with E-state index in [1.165, 1.54) is 0 Å². The Kier molecular flexibility index (Phi) is 3.42. The third-order valence-corrected chi connectivity index (χ3v) is 3.09. The summed E-state index contributed by atoms with van der Waals surface area (Å²) < 4.78 is 0. The largest absolute Gasteiger partial charge is 0.373 e. The molecule has 6 nitrogen and oxygen atoms in total. The molecule has 0 aliphatic rings. The molecule has 0 fully saturated rings. The average molecular weight is 279 g/mol. The van der Waals surface area contributed by atoms with Crippen molar-refractivity contribution in [1.29, 1.82) is 0 Å². The van der Waals surface area contributed by atoms with Gasteiger partial charge in [-0.3, -0.25) is 4.79 Å². The summed E-state index contributed by atoms with van der Waals surface area (Å²) in [7, 11) is 1.80. The second kappa shape index (κ2) is 5.54. The van der Waals surface area contributed by atoms with Gasteiger partial charge in [0.1, 0.15) is 5.82 Å². The molecule has 0 spiro atoms. The third kappa shape index (κ3) is 2.51. The molecule has 3 rings (SSSR count). The third-order valence-electron chi connectivity index (χ3n) is 3.09. The van der Waals surface area contributed by atoms with E-state index >= 15 is 0 Å². The fourth-order valence-corrected chi connectivity index (χ4v) is 2.12. The maximum absolute atomic E-state index is 12.4. The van der Waals surface area contributed by atoms with Gasteiger partial charge >= 0.3 is 0 Å². The molecule has 2 N–H and O–H groups in total. The van der Waals surface area contributed by atoms with E-state index in [0.29, 0.717) is 11.4 Å². The second-order valence-electron chi connectivity index (χ2n) is 4.38. The van der Waals surface area contributed by atoms with Crippen molar-refractivity contribution in [3.63, 3.8) is 0 Å². The Hall–Kier alpha value is -3.02. The van der Waals surface area contributed by atoms with E-state index in [2.05, 4.69) is 25.8 Å². The van der Waals surface area contributed by atoms with E-state index in [1.54, 1.807) is 31.6 Å². The van der Waals surface area contributed by atoms with E-state index in [1.807, 2.05) is 24.3 Å². The highest BCUT2D eigenvalue weighted by atomic mass is 16.1. The van der Waals surface area contributed by atoms with Crippen LogP contribution in [0, 0.1) is 0 Å². The topological polar surface area (TPSA) is 79.8 Å². The lowest BCUT2D eigenvalue weighted by atomic mass is 10.1. The Morgan fingerprint density at radius 3 is 2.62 bits per heavy atom. The molecule has 0 saturated heterocycles. The highest BCUT2D eigenvalue weighted by Crippen LogP contribution is 2.24. The molecule has 104 valence electrons. The van der Waals surface area contributed by atoms with Crippen LogP contribution in [0.1, 0.15) is 10.4 Å². The molecule has 21 heavy (non-hydrogen) atoms. The molecule has 1 amide bonds. The van der Waals surface area contributed by atoms with Crippen molar-refractivity contribution in [1.82, 2.24) is 15.2 Å². The van der Waals surface area contributed by atoms with E-state index in [4.69, 9.17) is 0 Å². The second-order valence-corrected chi connectivity index (χ2v) is 4.38. The normalized spacial score (nSPS) is 10.3. The van der Waals surface area contributed by atoms with Crippen LogP contribution in [0.2, 0.25) is 0 Å². The molecule has 2 aromatic heterocycles. The van der Waals surface area contributed by atoms with Crippen molar-refractivity contribution >= 4 is 28.3 Å². The summed E-state index contributed by atoms with van der Waals surface area (Å²) in [6, 6.07) is 11.0. The van der Waals surface area contributed by atoms with E-state index in [0.717, 1.165) is 16.6 Å². The number of hydrogen-bond acceptors (Lipinski definition) is 5. The molecular formula is C15H13N5O. The molecular weight excluding hydrogens is 266 g/mol. The number of hydrogen-bond donors (Lipinski definition) is 2. The average Bonchev–Trinajstić information content (AvgIpc) is 2.54. The number of carbonyl (C=O) groups is 1. The van der Waals surface area contributed by atoms with Gasteiger partial charge in [-0.25, -0.2) is 4.98 Å². The summed E-state index contributed by atoms with van der Waals surface area (Å²) in [6.45, 7) is 0. The van der Waals surface area contributed by atoms with Gasteiger partial charge in [-0.1, -0.05) is 24.3 Å². The molecule has 0 aliphatic heterocycles. The number of nitrogens with zero attached hydrogens (tertiary/aromatic N) is 3. The minimum Gasteiger partial charge on any atom is -0.373 e. The van der Waals surface area contributed by atoms with E-state index in [-0.39, 0.29) is 5.91 Å². The fourth-order valence-electron chi connectivity index (χ4n) is 2.12. The molecule has 0 unspecified atom stereocenters. The van der Waals surface area contributed by atoms with Crippen molar-refractivity contribution < 1.29 is 4.79 Å². The van der Waals surface area contributed by atoms with Crippen LogP contribution in [-0.4, -0.2) is 28.1 Å². The molecule has 1 aromatic carbocycles. The number of benzene rings is 1. The van der Waals surface area contributed by atoms with Crippen LogP contribution in [0.25, 0.3) is 10.8 Å². The lowest BCUT2D eigenvalue weighted by molar-refractivity contribution is 0.102. The number of pyridine rings is 1. The van der Waals surface area contributed by atoms with Gasteiger partial charge in [-0.2, -0.15) is 5.10 Å².